The highest BCUT2D eigenvalue weighted by Gasteiger charge is 2.31. The SMILES string of the molecule is CCNC(=O)C1COCCN1CC1CNCCO1. The molecule has 0 aromatic rings. The molecule has 2 fully saturated rings. The molecule has 2 N–H and O–H groups in total. The summed E-state index contributed by atoms with van der Waals surface area (Å²) in [6.07, 6.45) is 0.175. The van der Waals surface area contributed by atoms with Gasteiger partial charge < -0.3 is 20.1 Å². The number of amides is 1. The number of ether oxygens (including phenoxy) is 2. The van der Waals surface area contributed by atoms with Crippen LogP contribution in [-0.2, 0) is 14.3 Å². The molecule has 0 spiro atoms. The van der Waals surface area contributed by atoms with Crippen LogP contribution in [0.5, 0.6) is 0 Å². The highest BCUT2D eigenvalue weighted by atomic mass is 16.5. The van der Waals surface area contributed by atoms with Gasteiger partial charge in [0.1, 0.15) is 6.04 Å². The number of nitrogens with one attached hydrogen (secondary N) is 2. The van der Waals surface area contributed by atoms with Gasteiger partial charge in [-0.25, -0.2) is 0 Å². The maximum Gasteiger partial charge on any atom is 0.239 e. The van der Waals surface area contributed by atoms with E-state index in [0.717, 1.165) is 32.8 Å². The Morgan fingerprint density at radius 1 is 1.50 bits per heavy atom. The van der Waals surface area contributed by atoms with Crippen molar-refractivity contribution >= 4 is 5.91 Å². The molecule has 0 aromatic heterocycles. The van der Waals surface area contributed by atoms with Gasteiger partial charge >= 0.3 is 0 Å². The summed E-state index contributed by atoms with van der Waals surface area (Å²) < 4.78 is 11.1. The number of rotatable bonds is 4. The number of carbonyl (C=O) groups excluding carboxylic acids is 1. The fraction of sp³-hybridized carbons (Fsp3) is 0.917. The van der Waals surface area contributed by atoms with Crippen molar-refractivity contribution in [3.8, 4) is 0 Å². The monoisotopic (exact) mass is 257 g/mol. The van der Waals surface area contributed by atoms with Gasteiger partial charge in [-0.05, 0) is 6.92 Å². The van der Waals surface area contributed by atoms with Gasteiger partial charge in [0, 0.05) is 32.7 Å². The third kappa shape index (κ3) is 3.65. The maximum atomic E-state index is 12.0. The van der Waals surface area contributed by atoms with Gasteiger partial charge in [-0.1, -0.05) is 0 Å². The molecule has 0 saturated carbocycles. The van der Waals surface area contributed by atoms with Gasteiger partial charge in [0.2, 0.25) is 5.91 Å². The first-order valence-electron chi connectivity index (χ1n) is 6.73. The lowest BCUT2D eigenvalue weighted by Gasteiger charge is -2.37. The molecule has 6 nitrogen and oxygen atoms in total. The zero-order valence-corrected chi connectivity index (χ0v) is 11.0. The number of carbonyl (C=O) groups is 1. The van der Waals surface area contributed by atoms with E-state index in [0.29, 0.717) is 19.8 Å². The minimum Gasteiger partial charge on any atom is -0.378 e. The van der Waals surface area contributed by atoms with Gasteiger partial charge in [0.05, 0.1) is 25.9 Å². The van der Waals surface area contributed by atoms with Crippen molar-refractivity contribution in [3.05, 3.63) is 0 Å². The van der Waals surface area contributed by atoms with Crippen LogP contribution in [0.15, 0.2) is 0 Å². The van der Waals surface area contributed by atoms with Crippen LogP contribution in [0.25, 0.3) is 0 Å². The molecule has 104 valence electrons. The van der Waals surface area contributed by atoms with Crippen molar-refractivity contribution < 1.29 is 14.3 Å². The molecule has 0 radical (unpaired) electrons. The van der Waals surface area contributed by atoms with Crippen LogP contribution in [0.4, 0.5) is 0 Å². The third-order valence-electron chi connectivity index (χ3n) is 3.34. The number of nitrogens with zero attached hydrogens (tertiary/aromatic N) is 1. The van der Waals surface area contributed by atoms with Crippen molar-refractivity contribution in [2.75, 3.05) is 52.5 Å². The van der Waals surface area contributed by atoms with Crippen LogP contribution in [-0.4, -0.2) is 75.5 Å². The fourth-order valence-corrected chi connectivity index (χ4v) is 2.39. The first-order valence-corrected chi connectivity index (χ1v) is 6.73. The second-order valence-electron chi connectivity index (χ2n) is 4.68. The normalized spacial score (nSPS) is 30.1. The topological polar surface area (TPSA) is 62.8 Å². The quantitative estimate of drug-likeness (QED) is 0.663. The Kier molecular flexibility index (Phi) is 5.37. The van der Waals surface area contributed by atoms with Crippen molar-refractivity contribution in [2.24, 2.45) is 0 Å². The number of hydrogen-bond donors (Lipinski definition) is 2. The summed E-state index contributed by atoms with van der Waals surface area (Å²) in [5.41, 5.74) is 0. The van der Waals surface area contributed by atoms with Gasteiger partial charge in [-0.2, -0.15) is 0 Å². The minimum absolute atomic E-state index is 0.0565. The Bertz CT molecular complexity index is 269. The van der Waals surface area contributed by atoms with E-state index in [2.05, 4.69) is 15.5 Å². The van der Waals surface area contributed by atoms with Gasteiger partial charge in [-0.15, -0.1) is 0 Å². The summed E-state index contributed by atoms with van der Waals surface area (Å²) in [7, 11) is 0. The van der Waals surface area contributed by atoms with Crippen LogP contribution >= 0.6 is 0 Å². The maximum absolute atomic E-state index is 12.0. The summed E-state index contributed by atoms with van der Waals surface area (Å²) in [6, 6.07) is -0.177. The second kappa shape index (κ2) is 7.04. The Balaban J connectivity index is 1.88. The Morgan fingerprint density at radius 2 is 2.39 bits per heavy atom. The number of hydrogen-bond acceptors (Lipinski definition) is 5. The molecule has 1 amide bonds. The summed E-state index contributed by atoms with van der Waals surface area (Å²) in [5, 5.41) is 6.18. The molecule has 2 aliphatic heterocycles. The zero-order chi connectivity index (χ0) is 12.8. The van der Waals surface area contributed by atoms with Gasteiger partial charge in [0.25, 0.3) is 0 Å². The molecular weight excluding hydrogens is 234 g/mol. The van der Waals surface area contributed by atoms with Crippen LogP contribution in [0.3, 0.4) is 0 Å². The average Bonchev–Trinajstić information content (AvgIpc) is 2.41. The standard InChI is InChI=1S/C12H23N3O3/c1-2-14-12(16)11-9-17-6-4-15(11)8-10-7-13-3-5-18-10/h10-11,13H,2-9H2,1H3,(H,14,16). The Hall–Kier alpha value is -0.690. The van der Waals surface area contributed by atoms with E-state index in [1.165, 1.54) is 0 Å². The molecular formula is C12H23N3O3. The van der Waals surface area contributed by atoms with Gasteiger partial charge in [-0.3, -0.25) is 9.69 Å². The predicted molar refractivity (Wildman–Crippen MR) is 67.5 cm³/mol. The van der Waals surface area contributed by atoms with Gasteiger partial charge in [0.15, 0.2) is 0 Å². The van der Waals surface area contributed by atoms with Crippen LogP contribution in [0, 0.1) is 0 Å². The van der Waals surface area contributed by atoms with E-state index in [1.54, 1.807) is 0 Å². The fourth-order valence-electron chi connectivity index (χ4n) is 2.39. The number of morpholine rings is 2. The molecule has 0 aliphatic carbocycles. The summed E-state index contributed by atoms with van der Waals surface area (Å²) >= 11 is 0. The molecule has 2 atom stereocenters. The average molecular weight is 257 g/mol. The van der Waals surface area contributed by atoms with E-state index in [4.69, 9.17) is 9.47 Å². The van der Waals surface area contributed by atoms with Crippen LogP contribution in [0.2, 0.25) is 0 Å². The molecule has 2 heterocycles. The van der Waals surface area contributed by atoms with E-state index in [1.807, 2.05) is 6.92 Å². The van der Waals surface area contributed by atoms with E-state index >= 15 is 0 Å². The molecule has 2 saturated heterocycles. The van der Waals surface area contributed by atoms with Crippen LogP contribution < -0.4 is 10.6 Å². The van der Waals surface area contributed by atoms with E-state index in [9.17, 15) is 4.79 Å². The van der Waals surface area contributed by atoms with Crippen molar-refractivity contribution in [1.82, 2.24) is 15.5 Å². The summed E-state index contributed by atoms with van der Waals surface area (Å²) in [6.45, 7) is 7.87. The third-order valence-corrected chi connectivity index (χ3v) is 3.34. The predicted octanol–water partition coefficient (Wildman–Crippen LogP) is -1.19. The highest BCUT2D eigenvalue weighted by molar-refractivity contribution is 5.81. The van der Waals surface area contributed by atoms with Crippen molar-refractivity contribution in [3.63, 3.8) is 0 Å². The lowest BCUT2D eigenvalue weighted by Crippen LogP contribution is -2.57. The minimum atomic E-state index is -0.177. The molecule has 2 rings (SSSR count). The Morgan fingerprint density at radius 3 is 3.11 bits per heavy atom. The summed E-state index contributed by atoms with van der Waals surface area (Å²) in [5.74, 6) is 0.0565. The lowest BCUT2D eigenvalue weighted by atomic mass is 10.1. The largest absolute Gasteiger partial charge is 0.378 e. The molecule has 2 aliphatic rings. The molecule has 0 bridgehead atoms. The number of likely N-dealkylation sites (N-methyl/N-ethyl adjacent to an activating group) is 1. The molecule has 18 heavy (non-hydrogen) atoms. The van der Waals surface area contributed by atoms with Crippen LogP contribution in [0.1, 0.15) is 6.92 Å². The molecule has 2 unspecified atom stereocenters. The lowest BCUT2D eigenvalue weighted by molar-refractivity contribution is -0.134. The molecule has 0 aromatic carbocycles. The first-order chi connectivity index (χ1) is 8.81. The van der Waals surface area contributed by atoms with Crippen molar-refractivity contribution in [2.45, 2.75) is 19.1 Å². The Labute approximate surface area is 108 Å². The highest BCUT2D eigenvalue weighted by Crippen LogP contribution is 2.10. The van der Waals surface area contributed by atoms with Crippen molar-refractivity contribution in [1.29, 1.82) is 0 Å². The first kappa shape index (κ1) is 13.7. The summed E-state index contributed by atoms with van der Waals surface area (Å²) in [4.78, 5) is 14.1. The smallest absolute Gasteiger partial charge is 0.239 e. The molecule has 6 heteroatoms. The van der Waals surface area contributed by atoms with E-state index < -0.39 is 0 Å². The van der Waals surface area contributed by atoms with E-state index in [-0.39, 0.29) is 18.1 Å². The zero-order valence-electron chi connectivity index (χ0n) is 11.0. The second-order valence-corrected chi connectivity index (χ2v) is 4.68.